The Kier molecular flexibility index (Phi) is 5.51. The molecule has 0 aliphatic carbocycles. The number of nitrogens with one attached hydrogen (secondary N) is 1. The molecule has 1 aliphatic rings. The van der Waals surface area contributed by atoms with Crippen molar-refractivity contribution in [2.45, 2.75) is 5.92 Å². The molecule has 0 unspecified atom stereocenters. The van der Waals surface area contributed by atoms with Gasteiger partial charge >= 0.3 is 0 Å². The summed E-state index contributed by atoms with van der Waals surface area (Å²) < 4.78 is 42.4. The molecule has 11 heteroatoms. The summed E-state index contributed by atoms with van der Waals surface area (Å²) in [5.74, 6) is -6.44. The molecular weight excluding hydrogens is 469 g/mol. The number of amides is 1. The minimum atomic E-state index is -1.66. The Labute approximate surface area is 171 Å². The number of hydrogen-bond acceptors (Lipinski definition) is 3. The smallest absolute Gasteiger partial charge is 0.235 e. The maximum atomic E-state index is 13.9. The van der Waals surface area contributed by atoms with Crippen molar-refractivity contribution in [3.63, 3.8) is 0 Å². The topological polar surface area (TPSA) is 50.2 Å². The molecule has 1 aromatic carbocycles. The fourth-order valence-electron chi connectivity index (χ4n) is 3.08. The predicted molar refractivity (Wildman–Crippen MR) is 102 cm³/mol. The average Bonchev–Trinajstić information content (AvgIpc) is 3.03. The number of likely N-dealkylation sites (N-methyl/N-ethyl adjacent to an activating group) is 1. The molecule has 1 fully saturated rings. The molecule has 2 heterocycles. The van der Waals surface area contributed by atoms with Gasteiger partial charge in [-0.2, -0.15) is 5.10 Å². The fourth-order valence-corrected chi connectivity index (χ4v) is 4.53. The second-order valence-electron chi connectivity index (χ2n) is 6.13. The van der Waals surface area contributed by atoms with E-state index < -0.39 is 40.9 Å². The zero-order valence-corrected chi connectivity index (χ0v) is 17.2. The van der Waals surface area contributed by atoms with E-state index in [1.165, 1.54) is 4.68 Å². The van der Waals surface area contributed by atoms with Gasteiger partial charge in [0.1, 0.15) is 9.76 Å². The van der Waals surface area contributed by atoms with Gasteiger partial charge in [-0.1, -0.05) is 23.8 Å². The van der Waals surface area contributed by atoms with E-state index in [0.29, 0.717) is 26.9 Å². The molecule has 3 rings (SSSR count). The highest BCUT2D eigenvalue weighted by molar-refractivity contribution is 9.10. The van der Waals surface area contributed by atoms with Crippen molar-refractivity contribution in [1.82, 2.24) is 14.7 Å². The van der Waals surface area contributed by atoms with Gasteiger partial charge in [-0.05, 0) is 28.1 Å². The Morgan fingerprint density at radius 2 is 2.00 bits per heavy atom. The van der Waals surface area contributed by atoms with Gasteiger partial charge in [0.2, 0.25) is 5.91 Å². The average molecular weight is 482 g/mol. The number of rotatable bonds is 3. The van der Waals surface area contributed by atoms with Crippen LogP contribution in [0.1, 0.15) is 11.5 Å². The lowest BCUT2D eigenvalue weighted by Crippen LogP contribution is -2.32. The van der Waals surface area contributed by atoms with E-state index in [4.69, 9.17) is 23.8 Å². The highest BCUT2D eigenvalue weighted by Crippen LogP contribution is 2.41. The third kappa shape index (κ3) is 3.45. The maximum Gasteiger partial charge on any atom is 0.235 e. The molecule has 1 aliphatic heterocycles. The van der Waals surface area contributed by atoms with Gasteiger partial charge in [0.25, 0.3) is 0 Å². The number of benzene rings is 1. The van der Waals surface area contributed by atoms with Gasteiger partial charge in [-0.3, -0.25) is 9.48 Å². The number of carbonyl (C=O) groups is 1. The van der Waals surface area contributed by atoms with Gasteiger partial charge in [0, 0.05) is 32.1 Å². The summed E-state index contributed by atoms with van der Waals surface area (Å²) in [6.45, 7) is 0.390. The molecular formula is C16H13BrClF3N4OS. The highest BCUT2D eigenvalue weighted by Gasteiger charge is 2.44. The Morgan fingerprint density at radius 3 is 2.59 bits per heavy atom. The Hall–Kier alpha value is -1.65. The van der Waals surface area contributed by atoms with Crippen molar-refractivity contribution in [1.29, 1.82) is 0 Å². The molecule has 2 aromatic rings. The molecule has 0 bridgehead atoms. The molecule has 1 saturated heterocycles. The second kappa shape index (κ2) is 7.40. The fraction of sp³-hybridized carbons (Fsp3) is 0.312. The number of halogens is 5. The monoisotopic (exact) mass is 480 g/mol. The minimum absolute atomic E-state index is 0.326. The summed E-state index contributed by atoms with van der Waals surface area (Å²) in [4.78, 5) is 14.9. The molecule has 27 heavy (non-hydrogen) atoms. The van der Waals surface area contributed by atoms with Gasteiger partial charge in [-0.25, -0.2) is 13.2 Å². The lowest BCUT2D eigenvalue weighted by Gasteiger charge is -2.18. The van der Waals surface area contributed by atoms with Crippen LogP contribution in [0.4, 0.5) is 18.9 Å². The lowest BCUT2D eigenvalue weighted by molar-refractivity contribution is -0.118. The van der Waals surface area contributed by atoms with E-state index in [0.717, 1.165) is 12.1 Å². The highest BCUT2D eigenvalue weighted by atomic mass is 79.9. The van der Waals surface area contributed by atoms with Crippen LogP contribution in [-0.4, -0.2) is 39.2 Å². The standard InChI is InChI=1S/C16H13BrClF3N4OS/c1-24-5-6(9-13(17)23-25(2)14(9)18)10(16(24)27)15(26)22-8-4-3-7(19)11(20)12(8)21/h3-4,6,10H,5H2,1-2H3,(H,22,26)/t6-,10+/m1/s1. The van der Waals surface area contributed by atoms with Crippen LogP contribution in [0.15, 0.2) is 16.7 Å². The van der Waals surface area contributed by atoms with Gasteiger partial charge in [0.05, 0.1) is 16.6 Å². The maximum absolute atomic E-state index is 13.9. The zero-order valence-electron chi connectivity index (χ0n) is 14.1. The second-order valence-corrected chi connectivity index (χ2v) is 7.66. The number of likely N-dealkylation sites (tertiary alicyclic amines) is 1. The zero-order chi connectivity index (χ0) is 20.0. The molecule has 0 radical (unpaired) electrons. The van der Waals surface area contributed by atoms with Crippen molar-refractivity contribution in [2.24, 2.45) is 13.0 Å². The molecule has 1 N–H and O–H groups in total. The van der Waals surface area contributed by atoms with Gasteiger partial charge in [-0.15, -0.1) is 0 Å². The number of hydrogen-bond donors (Lipinski definition) is 1. The molecule has 0 saturated carbocycles. The number of aromatic nitrogens is 2. The summed E-state index contributed by atoms with van der Waals surface area (Å²) in [5, 5.41) is 6.81. The summed E-state index contributed by atoms with van der Waals surface area (Å²) in [6.07, 6.45) is 0. The van der Waals surface area contributed by atoms with Crippen LogP contribution in [0.25, 0.3) is 0 Å². The third-order valence-electron chi connectivity index (χ3n) is 4.43. The number of carbonyl (C=O) groups excluding carboxylic acids is 1. The number of thiocarbonyl (C=S) groups is 1. The molecule has 0 spiro atoms. The van der Waals surface area contributed by atoms with Crippen LogP contribution >= 0.6 is 39.7 Å². The largest absolute Gasteiger partial charge is 0.368 e. The van der Waals surface area contributed by atoms with Gasteiger partial charge < -0.3 is 10.2 Å². The number of aryl methyl sites for hydroxylation is 1. The molecule has 1 aromatic heterocycles. The van der Waals surface area contributed by atoms with E-state index in [9.17, 15) is 18.0 Å². The Bertz CT molecular complexity index is 954. The van der Waals surface area contributed by atoms with E-state index in [2.05, 4.69) is 26.3 Å². The first-order valence-electron chi connectivity index (χ1n) is 7.70. The first-order valence-corrected chi connectivity index (χ1v) is 9.28. The van der Waals surface area contributed by atoms with Gasteiger partial charge in [0.15, 0.2) is 17.5 Å². The lowest BCUT2D eigenvalue weighted by atomic mass is 9.90. The molecule has 1 amide bonds. The minimum Gasteiger partial charge on any atom is -0.368 e. The van der Waals surface area contributed by atoms with Crippen molar-refractivity contribution >= 4 is 56.3 Å². The summed E-state index contributed by atoms with van der Waals surface area (Å²) >= 11 is 15.0. The normalized spacial score (nSPS) is 19.7. The van der Waals surface area contributed by atoms with Crippen molar-refractivity contribution < 1.29 is 18.0 Å². The Balaban J connectivity index is 1.96. The first-order chi connectivity index (χ1) is 12.6. The number of nitrogens with zero attached hydrogens (tertiary/aromatic N) is 3. The van der Waals surface area contributed by atoms with Crippen LogP contribution in [0.2, 0.25) is 5.15 Å². The summed E-state index contributed by atoms with van der Waals surface area (Å²) in [5.41, 5.74) is 0.128. The van der Waals surface area contributed by atoms with Crippen LogP contribution in [0.3, 0.4) is 0 Å². The predicted octanol–water partition coefficient (Wildman–Crippen LogP) is 3.86. The van der Waals surface area contributed by atoms with E-state index >= 15 is 0 Å². The van der Waals surface area contributed by atoms with Crippen LogP contribution < -0.4 is 5.32 Å². The summed E-state index contributed by atoms with van der Waals surface area (Å²) in [6, 6.07) is 1.69. The molecule has 2 atom stereocenters. The van der Waals surface area contributed by atoms with E-state index in [-0.39, 0.29) is 0 Å². The van der Waals surface area contributed by atoms with E-state index in [1.54, 1.807) is 19.0 Å². The van der Waals surface area contributed by atoms with Crippen LogP contribution in [-0.2, 0) is 11.8 Å². The Morgan fingerprint density at radius 1 is 1.33 bits per heavy atom. The molecule has 144 valence electrons. The van der Waals surface area contributed by atoms with Crippen LogP contribution in [0.5, 0.6) is 0 Å². The van der Waals surface area contributed by atoms with Crippen molar-refractivity contribution in [2.75, 3.05) is 18.9 Å². The first kappa shape index (κ1) is 20.1. The summed E-state index contributed by atoms with van der Waals surface area (Å²) in [7, 11) is 3.37. The third-order valence-corrected chi connectivity index (χ3v) is 6.03. The number of anilines is 1. The van der Waals surface area contributed by atoms with Crippen molar-refractivity contribution in [3.05, 3.63) is 44.9 Å². The van der Waals surface area contributed by atoms with E-state index in [1.807, 2.05) is 0 Å². The molecule has 5 nitrogen and oxygen atoms in total. The van der Waals surface area contributed by atoms with Crippen LogP contribution in [0, 0.1) is 23.4 Å². The SMILES string of the molecule is CN1C[C@H](c2c(Br)nn(C)c2Cl)[C@@H](C(=O)Nc2ccc(F)c(F)c2F)C1=S. The van der Waals surface area contributed by atoms with Crippen molar-refractivity contribution in [3.8, 4) is 0 Å². The quantitative estimate of drug-likeness (QED) is 0.534.